The third-order valence-corrected chi connectivity index (χ3v) is 1.81. The molecule has 1 saturated heterocycles. The molecule has 0 aliphatic carbocycles. The van der Waals surface area contributed by atoms with Crippen molar-refractivity contribution in [3.05, 3.63) is 0 Å². The highest BCUT2D eigenvalue weighted by molar-refractivity contribution is 4.55. The van der Waals surface area contributed by atoms with Crippen molar-refractivity contribution in [1.82, 2.24) is 0 Å². The summed E-state index contributed by atoms with van der Waals surface area (Å²) in [5.41, 5.74) is 0. The fourth-order valence-electron chi connectivity index (χ4n) is 0.990. The molecule has 0 spiro atoms. The minimum absolute atomic E-state index is 0.0209. The number of ether oxygens (including phenoxy) is 3. The summed E-state index contributed by atoms with van der Waals surface area (Å²) in [5.74, 6) is 0. The highest BCUT2D eigenvalue weighted by Crippen LogP contribution is 2.13. The Bertz CT molecular complexity index is 99.5. The van der Waals surface area contributed by atoms with Crippen molar-refractivity contribution in [1.29, 1.82) is 0 Å². The first-order valence-corrected chi connectivity index (χ1v) is 4.09. The van der Waals surface area contributed by atoms with Crippen molar-refractivity contribution in [2.24, 2.45) is 0 Å². The monoisotopic (exact) mass is 160 g/mol. The van der Waals surface area contributed by atoms with Crippen LogP contribution in [0.5, 0.6) is 0 Å². The van der Waals surface area contributed by atoms with Crippen LogP contribution in [0.15, 0.2) is 0 Å². The SMILES string of the molecule is COC(C)COC1CCCO1. The lowest BCUT2D eigenvalue weighted by atomic mass is 10.3. The molecule has 3 nitrogen and oxygen atoms in total. The summed E-state index contributed by atoms with van der Waals surface area (Å²) in [6.07, 6.45) is 2.33. The molecular weight excluding hydrogens is 144 g/mol. The van der Waals surface area contributed by atoms with E-state index < -0.39 is 0 Å². The topological polar surface area (TPSA) is 27.7 Å². The van der Waals surface area contributed by atoms with E-state index in [4.69, 9.17) is 14.2 Å². The molecule has 1 heterocycles. The van der Waals surface area contributed by atoms with E-state index in [0.29, 0.717) is 6.61 Å². The van der Waals surface area contributed by atoms with Crippen LogP contribution < -0.4 is 0 Å². The summed E-state index contributed by atoms with van der Waals surface area (Å²) < 4.78 is 15.7. The van der Waals surface area contributed by atoms with E-state index in [2.05, 4.69) is 0 Å². The Morgan fingerprint density at radius 1 is 1.64 bits per heavy atom. The summed E-state index contributed by atoms with van der Waals surface area (Å²) >= 11 is 0. The summed E-state index contributed by atoms with van der Waals surface area (Å²) in [7, 11) is 1.68. The minimum Gasteiger partial charge on any atom is -0.379 e. The number of methoxy groups -OCH3 is 1. The zero-order chi connectivity index (χ0) is 8.10. The van der Waals surface area contributed by atoms with E-state index in [-0.39, 0.29) is 12.4 Å². The van der Waals surface area contributed by atoms with Gasteiger partial charge in [0.1, 0.15) is 0 Å². The molecule has 2 atom stereocenters. The third kappa shape index (κ3) is 3.18. The number of hydrogen-bond acceptors (Lipinski definition) is 3. The van der Waals surface area contributed by atoms with Crippen LogP contribution in [0.1, 0.15) is 19.8 Å². The van der Waals surface area contributed by atoms with E-state index in [9.17, 15) is 0 Å². The molecule has 0 saturated carbocycles. The maximum absolute atomic E-state index is 5.41. The summed E-state index contributed by atoms with van der Waals surface area (Å²) in [6, 6.07) is 0. The van der Waals surface area contributed by atoms with Gasteiger partial charge in [0.25, 0.3) is 0 Å². The predicted octanol–water partition coefficient (Wildman–Crippen LogP) is 1.17. The van der Waals surface area contributed by atoms with Crippen LogP contribution in [0.4, 0.5) is 0 Å². The van der Waals surface area contributed by atoms with Crippen LogP contribution in [-0.4, -0.2) is 32.7 Å². The van der Waals surface area contributed by atoms with Gasteiger partial charge in [-0.25, -0.2) is 0 Å². The molecule has 1 aliphatic rings. The molecule has 3 heteroatoms. The molecule has 1 fully saturated rings. The van der Waals surface area contributed by atoms with Gasteiger partial charge in [-0.1, -0.05) is 0 Å². The molecule has 0 aromatic rings. The molecule has 11 heavy (non-hydrogen) atoms. The first-order valence-electron chi connectivity index (χ1n) is 4.09. The van der Waals surface area contributed by atoms with Crippen LogP contribution in [0.2, 0.25) is 0 Å². The fraction of sp³-hybridized carbons (Fsp3) is 1.00. The van der Waals surface area contributed by atoms with Crippen LogP contribution in [-0.2, 0) is 14.2 Å². The molecule has 2 unspecified atom stereocenters. The molecule has 0 radical (unpaired) electrons. The summed E-state index contributed by atoms with van der Waals surface area (Å²) in [4.78, 5) is 0. The van der Waals surface area contributed by atoms with Crippen LogP contribution in [0.25, 0.3) is 0 Å². The van der Waals surface area contributed by atoms with Crippen molar-refractivity contribution in [3.8, 4) is 0 Å². The quantitative estimate of drug-likeness (QED) is 0.618. The van der Waals surface area contributed by atoms with E-state index in [0.717, 1.165) is 19.4 Å². The first kappa shape index (κ1) is 8.97. The standard InChI is InChI=1S/C8H16O3/c1-7(9-2)6-11-8-4-3-5-10-8/h7-8H,3-6H2,1-2H3. The molecule has 1 rings (SSSR count). The Hall–Kier alpha value is -0.120. The zero-order valence-electron chi connectivity index (χ0n) is 7.21. The Balaban J connectivity index is 2.01. The third-order valence-electron chi connectivity index (χ3n) is 1.81. The largest absolute Gasteiger partial charge is 0.379 e. The van der Waals surface area contributed by atoms with Crippen LogP contribution in [0.3, 0.4) is 0 Å². The van der Waals surface area contributed by atoms with E-state index >= 15 is 0 Å². The van der Waals surface area contributed by atoms with Crippen molar-refractivity contribution in [2.45, 2.75) is 32.2 Å². The lowest BCUT2D eigenvalue weighted by molar-refractivity contribution is -0.131. The maximum atomic E-state index is 5.41. The number of hydrogen-bond donors (Lipinski definition) is 0. The molecule has 0 aromatic heterocycles. The van der Waals surface area contributed by atoms with Gasteiger partial charge in [-0.2, -0.15) is 0 Å². The van der Waals surface area contributed by atoms with E-state index in [1.54, 1.807) is 7.11 Å². The lowest BCUT2D eigenvalue weighted by Crippen LogP contribution is -2.20. The van der Waals surface area contributed by atoms with Crippen LogP contribution >= 0.6 is 0 Å². The summed E-state index contributed by atoms with van der Waals surface area (Å²) in [5, 5.41) is 0. The van der Waals surface area contributed by atoms with Gasteiger partial charge in [0.05, 0.1) is 12.7 Å². The predicted molar refractivity (Wildman–Crippen MR) is 41.4 cm³/mol. The molecule has 66 valence electrons. The Labute approximate surface area is 67.6 Å². The molecule has 0 amide bonds. The van der Waals surface area contributed by atoms with Gasteiger partial charge in [0.2, 0.25) is 0 Å². The van der Waals surface area contributed by atoms with Gasteiger partial charge in [-0.05, 0) is 13.3 Å². The molecule has 0 aromatic carbocycles. The lowest BCUT2D eigenvalue weighted by Gasteiger charge is -2.14. The normalized spacial score (nSPS) is 27.3. The highest BCUT2D eigenvalue weighted by Gasteiger charge is 2.16. The van der Waals surface area contributed by atoms with Gasteiger partial charge in [0.15, 0.2) is 6.29 Å². The van der Waals surface area contributed by atoms with E-state index in [1.165, 1.54) is 0 Å². The molecular formula is C8H16O3. The van der Waals surface area contributed by atoms with Gasteiger partial charge >= 0.3 is 0 Å². The second kappa shape index (κ2) is 4.70. The van der Waals surface area contributed by atoms with Gasteiger partial charge < -0.3 is 14.2 Å². The van der Waals surface area contributed by atoms with Gasteiger partial charge in [-0.3, -0.25) is 0 Å². The minimum atomic E-state index is 0.0209. The van der Waals surface area contributed by atoms with Crippen molar-refractivity contribution in [3.63, 3.8) is 0 Å². The molecule has 1 aliphatic heterocycles. The maximum Gasteiger partial charge on any atom is 0.157 e. The van der Waals surface area contributed by atoms with Gasteiger partial charge in [0, 0.05) is 20.1 Å². The van der Waals surface area contributed by atoms with Crippen molar-refractivity contribution < 1.29 is 14.2 Å². The van der Waals surface area contributed by atoms with Crippen LogP contribution in [0, 0.1) is 0 Å². The Morgan fingerprint density at radius 3 is 3.00 bits per heavy atom. The second-order valence-electron chi connectivity index (χ2n) is 2.82. The molecule has 0 bridgehead atoms. The first-order chi connectivity index (χ1) is 5.33. The Kier molecular flexibility index (Phi) is 3.83. The average Bonchev–Trinajstić information content (AvgIpc) is 2.52. The van der Waals surface area contributed by atoms with Gasteiger partial charge in [-0.15, -0.1) is 0 Å². The second-order valence-corrected chi connectivity index (χ2v) is 2.82. The average molecular weight is 160 g/mol. The highest BCUT2D eigenvalue weighted by atomic mass is 16.7. The zero-order valence-corrected chi connectivity index (χ0v) is 7.21. The molecule has 0 N–H and O–H groups in total. The smallest absolute Gasteiger partial charge is 0.157 e. The Morgan fingerprint density at radius 2 is 2.45 bits per heavy atom. The summed E-state index contributed by atoms with van der Waals surface area (Å²) in [6.45, 7) is 3.45. The fourth-order valence-corrected chi connectivity index (χ4v) is 0.990. The number of rotatable bonds is 4. The van der Waals surface area contributed by atoms with Crippen molar-refractivity contribution >= 4 is 0 Å². The van der Waals surface area contributed by atoms with E-state index in [1.807, 2.05) is 6.92 Å². The van der Waals surface area contributed by atoms with Crippen molar-refractivity contribution in [2.75, 3.05) is 20.3 Å².